The van der Waals surface area contributed by atoms with E-state index in [2.05, 4.69) is 0 Å². The van der Waals surface area contributed by atoms with Crippen LogP contribution in [0.25, 0.3) is 0 Å². The van der Waals surface area contributed by atoms with Crippen molar-refractivity contribution in [1.29, 1.82) is 0 Å². The van der Waals surface area contributed by atoms with Crippen LogP contribution < -0.4 is 0 Å². The molecule has 0 aliphatic carbocycles. The summed E-state index contributed by atoms with van der Waals surface area (Å²) in [6.45, 7) is 1.41. The van der Waals surface area contributed by atoms with Gasteiger partial charge in [-0.2, -0.15) is 0 Å². The van der Waals surface area contributed by atoms with Gasteiger partial charge in [0, 0.05) is 18.6 Å². The van der Waals surface area contributed by atoms with Gasteiger partial charge in [0.2, 0.25) is 9.84 Å². The zero-order valence-corrected chi connectivity index (χ0v) is 15.0. The second-order valence-electron chi connectivity index (χ2n) is 6.13. The molecule has 25 heavy (non-hydrogen) atoms. The van der Waals surface area contributed by atoms with Crippen LogP contribution in [0.15, 0.2) is 64.4 Å². The summed E-state index contributed by atoms with van der Waals surface area (Å²) in [5, 5.41) is 0. The van der Waals surface area contributed by atoms with Crippen LogP contribution in [0.2, 0.25) is 0 Å². The summed E-state index contributed by atoms with van der Waals surface area (Å²) < 4.78 is 31.9. The largest absolute Gasteiger partial charge is 0.381 e. The first kappa shape index (κ1) is 18.1. The number of hydrogen-bond acceptors (Lipinski definition) is 5. The fraction of sp³-hybridized carbons (Fsp3) is 0.368. The van der Waals surface area contributed by atoms with Gasteiger partial charge >= 0.3 is 0 Å². The zero-order valence-electron chi connectivity index (χ0n) is 14.2. The number of ether oxygens (including phenoxy) is 1. The Bertz CT molecular complexity index is 796. The summed E-state index contributed by atoms with van der Waals surface area (Å²) in [5.74, 6) is 0. The molecule has 0 atom stereocenters. The first-order chi connectivity index (χ1) is 12.1. The van der Waals surface area contributed by atoms with Crippen molar-refractivity contribution in [3.05, 3.63) is 60.2 Å². The van der Waals surface area contributed by atoms with E-state index in [4.69, 9.17) is 14.5 Å². The van der Waals surface area contributed by atoms with Crippen molar-refractivity contribution in [2.24, 2.45) is 0 Å². The molecule has 0 saturated carbocycles. The number of hydrogen-bond donors (Lipinski definition) is 0. The van der Waals surface area contributed by atoms with E-state index in [0.29, 0.717) is 31.0 Å². The van der Waals surface area contributed by atoms with E-state index in [1.54, 1.807) is 42.5 Å². The van der Waals surface area contributed by atoms with Crippen molar-refractivity contribution in [1.82, 2.24) is 0 Å². The summed E-state index contributed by atoms with van der Waals surface area (Å²) in [6.07, 6.45) is 1.36. The van der Waals surface area contributed by atoms with Crippen molar-refractivity contribution in [3.63, 3.8) is 0 Å². The monoisotopic (exact) mass is 362 g/mol. The molecule has 0 radical (unpaired) electrons. The minimum absolute atomic E-state index is 0.286. The molecule has 1 saturated heterocycles. The van der Waals surface area contributed by atoms with Crippen LogP contribution in [-0.4, -0.2) is 35.3 Å². The van der Waals surface area contributed by atoms with Crippen LogP contribution in [0.1, 0.15) is 18.4 Å². The maximum atomic E-state index is 13.2. The Kier molecular flexibility index (Phi) is 5.54. The van der Waals surface area contributed by atoms with Gasteiger partial charge in [-0.15, -0.1) is 0 Å². The molecular formula is C19H22O5S. The lowest BCUT2D eigenvalue weighted by Gasteiger charge is -2.37. The molecule has 5 nitrogen and oxygen atoms in total. The first-order valence-corrected chi connectivity index (χ1v) is 9.71. The Labute approximate surface area is 148 Å². The van der Waals surface area contributed by atoms with Gasteiger partial charge in [-0.1, -0.05) is 36.4 Å². The second-order valence-corrected chi connectivity index (χ2v) is 8.05. The molecule has 3 rings (SSSR count). The topological polar surface area (TPSA) is 61.8 Å². The van der Waals surface area contributed by atoms with Crippen molar-refractivity contribution in [2.75, 3.05) is 26.9 Å². The maximum Gasteiger partial charge on any atom is 0.206 e. The average molecular weight is 362 g/mol. The normalized spacial score (nSPS) is 17.3. The van der Waals surface area contributed by atoms with Crippen LogP contribution in [0.4, 0.5) is 0 Å². The number of rotatable bonds is 6. The minimum atomic E-state index is -3.62. The van der Waals surface area contributed by atoms with Crippen molar-refractivity contribution < 1.29 is 22.9 Å². The molecule has 0 spiro atoms. The van der Waals surface area contributed by atoms with Crippen LogP contribution in [0, 0.1) is 0 Å². The highest BCUT2D eigenvalue weighted by atomic mass is 32.2. The Morgan fingerprint density at radius 1 is 1.00 bits per heavy atom. The standard InChI is InChI=1S/C19H22O5S/c1-22-24-15-19(11-13-23-14-12-19)17-9-5-6-10-18(17)25(20,21)16-7-3-2-4-8-16/h2-10H,11-15H2,1H3. The third-order valence-electron chi connectivity index (χ3n) is 4.70. The van der Waals surface area contributed by atoms with Gasteiger partial charge in [-0.05, 0) is 36.6 Å². The lowest BCUT2D eigenvalue weighted by molar-refractivity contribution is -0.286. The highest BCUT2D eigenvalue weighted by Crippen LogP contribution is 2.40. The van der Waals surface area contributed by atoms with Crippen LogP contribution >= 0.6 is 0 Å². The molecule has 0 amide bonds. The molecule has 2 aromatic rings. The number of sulfone groups is 1. The third kappa shape index (κ3) is 3.62. The van der Waals surface area contributed by atoms with Crippen molar-refractivity contribution in [2.45, 2.75) is 28.0 Å². The molecule has 0 bridgehead atoms. The molecule has 1 fully saturated rings. The van der Waals surface area contributed by atoms with Gasteiger partial charge in [-0.3, -0.25) is 0 Å². The molecule has 1 aliphatic rings. The molecule has 0 unspecified atom stereocenters. The summed E-state index contributed by atoms with van der Waals surface area (Å²) in [7, 11) is -2.16. The molecule has 6 heteroatoms. The predicted molar refractivity (Wildman–Crippen MR) is 93.0 cm³/mol. The van der Waals surface area contributed by atoms with Crippen LogP contribution in [0.3, 0.4) is 0 Å². The van der Waals surface area contributed by atoms with Gasteiger partial charge < -0.3 is 4.74 Å². The summed E-state index contributed by atoms with van der Waals surface area (Å²) in [5.41, 5.74) is 0.311. The average Bonchev–Trinajstić information content (AvgIpc) is 2.68. The van der Waals surface area contributed by atoms with E-state index in [0.717, 1.165) is 5.56 Å². The molecule has 2 aromatic carbocycles. The highest BCUT2D eigenvalue weighted by molar-refractivity contribution is 7.91. The Hall–Kier alpha value is -1.73. The van der Waals surface area contributed by atoms with Crippen molar-refractivity contribution >= 4 is 9.84 Å². The molecule has 1 heterocycles. The van der Waals surface area contributed by atoms with E-state index in [-0.39, 0.29) is 11.5 Å². The summed E-state index contributed by atoms with van der Waals surface area (Å²) in [4.78, 5) is 10.7. The predicted octanol–water partition coefficient (Wildman–Crippen LogP) is 3.15. The molecule has 0 N–H and O–H groups in total. The first-order valence-electron chi connectivity index (χ1n) is 8.23. The Morgan fingerprint density at radius 2 is 1.64 bits per heavy atom. The lowest BCUT2D eigenvalue weighted by atomic mass is 9.75. The molecule has 0 aromatic heterocycles. The molecule has 1 aliphatic heterocycles. The van der Waals surface area contributed by atoms with Gasteiger partial charge in [0.05, 0.1) is 23.5 Å². The van der Waals surface area contributed by atoms with E-state index in [1.807, 2.05) is 12.1 Å². The summed E-state index contributed by atoms with van der Waals surface area (Å²) >= 11 is 0. The lowest BCUT2D eigenvalue weighted by Crippen LogP contribution is -2.39. The van der Waals surface area contributed by atoms with Crippen molar-refractivity contribution in [3.8, 4) is 0 Å². The van der Waals surface area contributed by atoms with Gasteiger partial charge in [-0.25, -0.2) is 18.2 Å². The maximum absolute atomic E-state index is 13.2. The summed E-state index contributed by atoms with van der Waals surface area (Å²) in [6, 6.07) is 15.7. The Morgan fingerprint density at radius 3 is 2.32 bits per heavy atom. The van der Waals surface area contributed by atoms with Crippen LogP contribution in [0.5, 0.6) is 0 Å². The smallest absolute Gasteiger partial charge is 0.206 e. The third-order valence-corrected chi connectivity index (χ3v) is 6.53. The quantitative estimate of drug-likeness (QED) is 0.583. The fourth-order valence-electron chi connectivity index (χ4n) is 3.29. The van der Waals surface area contributed by atoms with E-state index in [1.165, 1.54) is 7.11 Å². The zero-order chi connectivity index (χ0) is 17.8. The molecule has 134 valence electrons. The SMILES string of the molecule is COOCC1(c2ccccc2S(=O)(=O)c2ccccc2)CCOCC1. The number of benzene rings is 2. The highest BCUT2D eigenvalue weighted by Gasteiger charge is 2.39. The second kappa shape index (κ2) is 7.66. The molecular weight excluding hydrogens is 340 g/mol. The van der Waals surface area contributed by atoms with Gasteiger partial charge in [0.15, 0.2) is 0 Å². The fourth-order valence-corrected chi connectivity index (χ4v) is 4.89. The van der Waals surface area contributed by atoms with Crippen LogP contribution in [-0.2, 0) is 29.8 Å². The van der Waals surface area contributed by atoms with E-state index < -0.39 is 15.3 Å². The minimum Gasteiger partial charge on any atom is -0.381 e. The van der Waals surface area contributed by atoms with E-state index >= 15 is 0 Å². The van der Waals surface area contributed by atoms with E-state index in [9.17, 15) is 8.42 Å². The van der Waals surface area contributed by atoms with Gasteiger partial charge in [0.1, 0.15) is 0 Å². The Balaban J connectivity index is 2.11. The van der Waals surface area contributed by atoms with Gasteiger partial charge in [0.25, 0.3) is 0 Å².